The number of hydrogen-bond acceptors (Lipinski definition) is 5. The summed E-state index contributed by atoms with van der Waals surface area (Å²) in [6.45, 7) is 1.77. The highest BCUT2D eigenvalue weighted by Gasteiger charge is 2.18. The van der Waals surface area contributed by atoms with E-state index in [9.17, 15) is 18.3 Å². The highest BCUT2D eigenvalue weighted by molar-refractivity contribution is 7.99. The van der Waals surface area contributed by atoms with Gasteiger partial charge in [-0.15, -0.1) is 0 Å². The number of fused-ring (bicyclic) bond motifs is 1. The van der Waals surface area contributed by atoms with Crippen LogP contribution in [0.4, 0.5) is 0 Å². The van der Waals surface area contributed by atoms with Gasteiger partial charge in [0.1, 0.15) is 6.54 Å². The Hall–Kier alpha value is -2.68. The van der Waals surface area contributed by atoms with E-state index in [0.717, 1.165) is 48.8 Å². The Kier molecular flexibility index (Phi) is 6.11. The molecule has 0 unspecified atom stereocenters. The summed E-state index contributed by atoms with van der Waals surface area (Å²) in [6, 6.07) is 12.7. The van der Waals surface area contributed by atoms with Gasteiger partial charge in [0.2, 0.25) is 0 Å². The number of aromatic nitrogens is 1. The molecule has 3 aromatic rings. The van der Waals surface area contributed by atoms with Crippen LogP contribution in [0.25, 0.3) is 16.5 Å². The molecule has 1 aliphatic carbocycles. The largest absolute Gasteiger partial charge is 0.480 e. The molecule has 0 fully saturated rings. The molecule has 1 N–H and O–H groups in total. The van der Waals surface area contributed by atoms with Gasteiger partial charge in [0.05, 0.1) is 4.90 Å². The van der Waals surface area contributed by atoms with Crippen LogP contribution in [-0.4, -0.2) is 35.2 Å². The van der Waals surface area contributed by atoms with E-state index >= 15 is 0 Å². The Morgan fingerprint density at radius 2 is 1.91 bits per heavy atom. The van der Waals surface area contributed by atoms with Crippen LogP contribution < -0.4 is 0 Å². The van der Waals surface area contributed by atoms with Crippen LogP contribution in [0, 0.1) is 6.92 Å². The van der Waals surface area contributed by atoms with Gasteiger partial charge in [-0.1, -0.05) is 42.2 Å². The monoisotopic (exact) mass is 483 g/mol. The van der Waals surface area contributed by atoms with Gasteiger partial charge in [0.25, 0.3) is 0 Å². The van der Waals surface area contributed by atoms with Crippen LogP contribution in [-0.2, 0) is 21.2 Å². The van der Waals surface area contributed by atoms with E-state index in [1.165, 1.54) is 18.0 Å². The number of carboxylic acid groups (broad SMARTS) is 1. The van der Waals surface area contributed by atoms with Crippen molar-refractivity contribution in [2.24, 2.45) is 0 Å². The Labute approximate surface area is 196 Å². The van der Waals surface area contributed by atoms with Gasteiger partial charge in [-0.3, -0.25) is 4.79 Å². The average Bonchev–Trinajstić information content (AvgIpc) is 2.98. The summed E-state index contributed by atoms with van der Waals surface area (Å²) in [5.74, 6) is -0.911. The quantitative estimate of drug-likeness (QED) is 0.480. The molecule has 2 aromatic carbocycles. The molecule has 0 bridgehead atoms. The predicted octanol–water partition coefficient (Wildman–Crippen LogP) is 5.30. The van der Waals surface area contributed by atoms with E-state index in [0.29, 0.717) is 0 Å². The lowest BCUT2D eigenvalue weighted by Crippen LogP contribution is -2.09. The lowest BCUT2D eigenvalue weighted by atomic mass is 9.98. The van der Waals surface area contributed by atoms with Crippen molar-refractivity contribution in [3.8, 4) is 0 Å². The molecule has 0 amide bonds. The van der Waals surface area contributed by atoms with E-state index in [4.69, 9.17) is 12.2 Å². The molecule has 1 aliphatic rings. The molecule has 5 nitrogen and oxygen atoms in total. The van der Waals surface area contributed by atoms with Gasteiger partial charge in [0, 0.05) is 43.9 Å². The van der Waals surface area contributed by atoms with Crippen LogP contribution in [0.15, 0.2) is 75.4 Å². The number of carboxylic acids is 1. The van der Waals surface area contributed by atoms with E-state index in [2.05, 4.69) is 12.1 Å². The van der Waals surface area contributed by atoms with Crippen LogP contribution in [0.5, 0.6) is 0 Å². The molecule has 1 aromatic heterocycles. The first-order valence-electron chi connectivity index (χ1n) is 9.87. The maximum absolute atomic E-state index is 11.8. The topological polar surface area (TPSA) is 76.4 Å². The smallest absolute Gasteiger partial charge is 0.323 e. The predicted molar refractivity (Wildman–Crippen MR) is 132 cm³/mol. The first-order chi connectivity index (χ1) is 15.1. The lowest BCUT2D eigenvalue weighted by molar-refractivity contribution is -0.137. The van der Waals surface area contributed by atoms with Crippen molar-refractivity contribution in [1.29, 1.82) is 0 Å². The van der Waals surface area contributed by atoms with Crippen molar-refractivity contribution in [2.45, 2.75) is 34.6 Å². The van der Waals surface area contributed by atoms with E-state index in [1.807, 2.05) is 31.2 Å². The Morgan fingerprint density at radius 1 is 1.19 bits per heavy atom. The van der Waals surface area contributed by atoms with Gasteiger partial charge in [-0.25, -0.2) is 8.42 Å². The summed E-state index contributed by atoms with van der Waals surface area (Å²) in [4.78, 5) is 14.5. The zero-order valence-corrected chi connectivity index (χ0v) is 20.0. The van der Waals surface area contributed by atoms with Crippen molar-refractivity contribution >= 4 is 61.1 Å². The normalized spacial score (nSPS) is 14.1. The van der Waals surface area contributed by atoms with Gasteiger partial charge in [-0.05, 0) is 60.5 Å². The van der Waals surface area contributed by atoms with Crippen LogP contribution in [0.3, 0.4) is 0 Å². The number of rotatable bonds is 6. The molecule has 0 radical (unpaired) electrons. The number of carbonyl (C=O) groups is 1. The molecule has 4 rings (SSSR count). The van der Waals surface area contributed by atoms with Gasteiger partial charge < -0.3 is 9.67 Å². The molecule has 0 spiro atoms. The van der Waals surface area contributed by atoms with Crippen molar-refractivity contribution in [2.75, 3.05) is 6.26 Å². The Balaban J connectivity index is 1.83. The summed E-state index contributed by atoms with van der Waals surface area (Å²) in [5.41, 5.74) is 3.73. The SMILES string of the molecule is Cc1c(Sc2ccc(S(C)(=O)=O)cc2)c2cc(C3=CC(=S)CC=C3)ccc2n1CC(=O)O. The van der Waals surface area contributed by atoms with Gasteiger partial charge in [0.15, 0.2) is 9.84 Å². The Bertz CT molecular complexity index is 1410. The number of allylic oxidation sites excluding steroid dienone is 4. The maximum atomic E-state index is 11.8. The van der Waals surface area contributed by atoms with Crippen LogP contribution >= 0.6 is 24.0 Å². The molecule has 164 valence electrons. The highest BCUT2D eigenvalue weighted by Crippen LogP contribution is 2.40. The minimum Gasteiger partial charge on any atom is -0.480 e. The van der Waals surface area contributed by atoms with Gasteiger partial charge in [-0.2, -0.15) is 0 Å². The molecule has 0 saturated carbocycles. The molecule has 1 heterocycles. The van der Waals surface area contributed by atoms with E-state index in [-0.39, 0.29) is 11.4 Å². The number of benzene rings is 2. The highest BCUT2D eigenvalue weighted by atomic mass is 32.2. The van der Waals surface area contributed by atoms with Gasteiger partial charge >= 0.3 is 5.97 Å². The first-order valence-corrected chi connectivity index (χ1v) is 13.0. The zero-order chi connectivity index (χ0) is 23.0. The number of thiocarbonyl (C=S) groups is 1. The lowest BCUT2D eigenvalue weighted by Gasteiger charge is -2.09. The van der Waals surface area contributed by atoms with E-state index in [1.54, 1.807) is 28.8 Å². The summed E-state index contributed by atoms with van der Waals surface area (Å²) >= 11 is 6.85. The third kappa shape index (κ3) is 4.57. The van der Waals surface area contributed by atoms with Crippen molar-refractivity contribution < 1.29 is 18.3 Å². The molecular formula is C24H21NO4S3. The second-order valence-corrected chi connectivity index (χ2v) is 11.3. The fourth-order valence-electron chi connectivity index (χ4n) is 3.73. The number of sulfone groups is 1. The molecule has 0 atom stereocenters. The summed E-state index contributed by atoms with van der Waals surface area (Å²) in [7, 11) is -3.27. The van der Waals surface area contributed by atoms with E-state index < -0.39 is 15.8 Å². The summed E-state index contributed by atoms with van der Waals surface area (Å²) in [5, 5.41) is 10.4. The van der Waals surface area contributed by atoms with Crippen LogP contribution in [0.2, 0.25) is 0 Å². The van der Waals surface area contributed by atoms with Crippen molar-refractivity contribution in [3.63, 3.8) is 0 Å². The summed E-state index contributed by atoms with van der Waals surface area (Å²) < 4.78 is 25.3. The van der Waals surface area contributed by atoms with Crippen molar-refractivity contribution in [1.82, 2.24) is 4.57 Å². The Morgan fingerprint density at radius 3 is 2.53 bits per heavy atom. The average molecular weight is 484 g/mol. The van der Waals surface area contributed by atoms with Crippen molar-refractivity contribution in [3.05, 3.63) is 72.0 Å². The summed E-state index contributed by atoms with van der Waals surface area (Å²) in [6.07, 6.45) is 8.03. The fraction of sp³-hybridized carbons (Fsp3) is 0.167. The second-order valence-electron chi connectivity index (χ2n) is 7.64. The van der Waals surface area contributed by atoms with Crippen LogP contribution in [0.1, 0.15) is 17.7 Å². The minimum atomic E-state index is -3.27. The number of hydrogen-bond donors (Lipinski definition) is 1. The number of nitrogens with zero attached hydrogens (tertiary/aromatic N) is 1. The standard InChI is InChI=1S/C24H21NO4S3/c1-15-24(31-19-7-9-20(10-8-19)32(2,28)29)21-13-17(16-4-3-5-18(30)12-16)6-11-22(21)25(15)14-23(26)27/h3-4,6-13H,5,14H2,1-2H3,(H,26,27). The minimum absolute atomic E-state index is 0.137. The molecular weight excluding hydrogens is 462 g/mol. The molecule has 32 heavy (non-hydrogen) atoms. The first kappa shape index (κ1) is 22.5. The third-order valence-electron chi connectivity index (χ3n) is 5.30. The maximum Gasteiger partial charge on any atom is 0.323 e. The zero-order valence-electron chi connectivity index (χ0n) is 17.5. The molecule has 0 saturated heterocycles. The number of aliphatic carboxylic acids is 1. The molecule has 8 heteroatoms. The molecule has 0 aliphatic heterocycles. The second kappa shape index (κ2) is 8.69. The fourth-order valence-corrected chi connectivity index (χ4v) is 5.63. The third-order valence-corrected chi connectivity index (χ3v) is 7.94.